The molecule has 3 rings (SSSR count). The van der Waals surface area contributed by atoms with Gasteiger partial charge in [-0.25, -0.2) is 4.79 Å². The summed E-state index contributed by atoms with van der Waals surface area (Å²) in [6.07, 6.45) is -10.9. The fourth-order valence-electron chi connectivity index (χ4n) is 3.26. The van der Waals surface area contributed by atoms with Crippen LogP contribution in [0.1, 0.15) is 37.5 Å². The van der Waals surface area contributed by atoms with E-state index in [0.717, 1.165) is 12.1 Å². The number of carbonyl (C=O) groups excluding carboxylic acids is 1. The normalized spacial score (nSPS) is 14.4. The highest BCUT2D eigenvalue weighted by Gasteiger charge is 2.76. The van der Waals surface area contributed by atoms with Gasteiger partial charge in [0.1, 0.15) is 5.60 Å². The van der Waals surface area contributed by atoms with Crippen molar-refractivity contribution < 1.29 is 40.6 Å². The molecule has 1 aliphatic rings. The van der Waals surface area contributed by atoms with Gasteiger partial charge in [-0.05, 0) is 42.7 Å². The summed E-state index contributed by atoms with van der Waals surface area (Å²) in [7, 11) is 0. The Labute approximate surface area is 161 Å². The minimum absolute atomic E-state index is 0.218. The molecule has 1 aliphatic carbocycles. The molecular weight excluding hydrogens is 402 g/mol. The first kappa shape index (κ1) is 21.0. The molecule has 0 amide bonds. The van der Waals surface area contributed by atoms with Gasteiger partial charge in [-0.15, -0.1) is 0 Å². The van der Waals surface area contributed by atoms with Crippen molar-refractivity contribution in [2.24, 2.45) is 0 Å². The molecule has 0 heterocycles. The molecule has 0 saturated carbocycles. The van der Waals surface area contributed by atoms with E-state index in [-0.39, 0.29) is 10.8 Å². The Morgan fingerprint density at radius 3 is 1.86 bits per heavy atom. The molecule has 0 fully saturated rings. The Kier molecular flexibility index (Phi) is 4.64. The van der Waals surface area contributed by atoms with Crippen molar-refractivity contribution in [3.8, 4) is 0 Å². The molecule has 0 aromatic heterocycles. The summed E-state index contributed by atoms with van der Waals surface area (Å²) in [6.45, 7) is 3.88. The number of carbonyl (C=O) groups is 1. The maximum absolute atomic E-state index is 14.0. The van der Waals surface area contributed by atoms with Gasteiger partial charge in [-0.3, -0.25) is 0 Å². The first-order valence-electron chi connectivity index (χ1n) is 8.47. The summed E-state index contributed by atoms with van der Waals surface area (Å²) in [5.41, 5.74) is -6.55. The molecule has 0 atom stereocenters. The SMILES string of the molecule is CC(C)(C)OC(=O)OC(c1ccc2c3c(cccc13)C=C2)(C(F)(F)F)C(F)(F)F. The van der Waals surface area contributed by atoms with Crippen LogP contribution in [0, 0.1) is 0 Å². The highest BCUT2D eigenvalue weighted by molar-refractivity contribution is 6.06. The van der Waals surface area contributed by atoms with E-state index in [9.17, 15) is 31.1 Å². The zero-order chi connectivity index (χ0) is 21.8. The predicted octanol–water partition coefficient (Wildman–Crippen LogP) is 6.60. The third kappa shape index (κ3) is 3.42. The molecule has 156 valence electrons. The molecule has 29 heavy (non-hydrogen) atoms. The van der Waals surface area contributed by atoms with Gasteiger partial charge in [0.05, 0.1) is 0 Å². The van der Waals surface area contributed by atoms with Gasteiger partial charge in [0.25, 0.3) is 0 Å². The number of rotatable bonds is 2. The van der Waals surface area contributed by atoms with Crippen molar-refractivity contribution in [1.29, 1.82) is 0 Å². The van der Waals surface area contributed by atoms with E-state index in [1.165, 1.54) is 26.8 Å². The van der Waals surface area contributed by atoms with Crippen molar-refractivity contribution in [2.45, 2.75) is 44.3 Å². The minimum Gasteiger partial charge on any atom is -0.429 e. The van der Waals surface area contributed by atoms with Crippen LogP contribution in [0.5, 0.6) is 0 Å². The van der Waals surface area contributed by atoms with E-state index in [0.29, 0.717) is 17.2 Å². The maximum atomic E-state index is 14.0. The van der Waals surface area contributed by atoms with Crippen LogP contribution in [0.4, 0.5) is 31.1 Å². The second-order valence-electron chi connectivity index (χ2n) is 7.55. The molecule has 3 nitrogen and oxygen atoms in total. The van der Waals surface area contributed by atoms with Crippen molar-refractivity contribution in [1.82, 2.24) is 0 Å². The summed E-state index contributed by atoms with van der Waals surface area (Å²) >= 11 is 0. The van der Waals surface area contributed by atoms with Crippen LogP contribution >= 0.6 is 0 Å². The molecular formula is C20H16F6O3. The monoisotopic (exact) mass is 418 g/mol. The molecule has 9 heteroatoms. The van der Waals surface area contributed by atoms with Gasteiger partial charge < -0.3 is 9.47 Å². The van der Waals surface area contributed by atoms with Crippen LogP contribution < -0.4 is 0 Å². The zero-order valence-electron chi connectivity index (χ0n) is 15.5. The predicted molar refractivity (Wildman–Crippen MR) is 94.0 cm³/mol. The average molecular weight is 418 g/mol. The lowest BCUT2D eigenvalue weighted by molar-refractivity contribution is -0.376. The molecule has 0 aliphatic heterocycles. The van der Waals surface area contributed by atoms with Crippen LogP contribution in [-0.4, -0.2) is 24.1 Å². The topological polar surface area (TPSA) is 35.5 Å². The Balaban J connectivity index is 2.31. The number of alkyl halides is 6. The number of halogens is 6. The Morgan fingerprint density at radius 1 is 0.793 bits per heavy atom. The highest BCUT2D eigenvalue weighted by atomic mass is 19.4. The summed E-state index contributed by atoms with van der Waals surface area (Å²) in [5, 5.41) is -0.0983. The van der Waals surface area contributed by atoms with Gasteiger partial charge in [0.15, 0.2) is 0 Å². The Morgan fingerprint density at radius 2 is 1.34 bits per heavy atom. The second-order valence-corrected chi connectivity index (χ2v) is 7.55. The summed E-state index contributed by atoms with van der Waals surface area (Å²) in [5.74, 6) is 0. The molecule has 0 bridgehead atoms. The van der Waals surface area contributed by atoms with Crippen LogP contribution in [0.2, 0.25) is 0 Å². The fraction of sp³-hybridized carbons (Fsp3) is 0.350. The zero-order valence-corrected chi connectivity index (χ0v) is 15.5. The van der Waals surface area contributed by atoms with Crippen molar-refractivity contribution >= 4 is 29.1 Å². The molecule has 2 aromatic carbocycles. The number of hydrogen-bond acceptors (Lipinski definition) is 3. The second kappa shape index (κ2) is 6.40. The minimum atomic E-state index is -6.01. The summed E-state index contributed by atoms with van der Waals surface area (Å²) in [6, 6.07) is 5.86. The third-order valence-electron chi connectivity index (χ3n) is 4.35. The molecule has 0 saturated heterocycles. The van der Waals surface area contributed by atoms with Gasteiger partial charge in [-0.2, -0.15) is 26.3 Å². The fourth-order valence-corrected chi connectivity index (χ4v) is 3.26. The van der Waals surface area contributed by atoms with E-state index in [2.05, 4.69) is 9.47 Å². The van der Waals surface area contributed by atoms with Crippen LogP contribution in [0.25, 0.3) is 22.9 Å². The van der Waals surface area contributed by atoms with E-state index in [1.54, 1.807) is 18.2 Å². The van der Waals surface area contributed by atoms with E-state index >= 15 is 0 Å². The highest BCUT2D eigenvalue weighted by Crippen LogP contribution is 2.55. The van der Waals surface area contributed by atoms with Gasteiger partial charge in [0.2, 0.25) is 0 Å². The number of hydrogen-bond donors (Lipinski definition) is 0. The maximum Gasteiger partial charge on any atom is 0.510 e. The largest absolute Gasteiger partial charge is 0.510 e. The molecule has 0 radical (unpaired) electrons. The summed E-state index contributed by atoms with van der Waals surface area (Å²) < 4.78 is 92.9. The van der Waals surface area contributed by atoms with Crippen LogP contribution in [-0.2, 0) is 15.1 Å². The number of ether oxygens (including phenoxy) is 2. The quantitative estimate of drug-likeness (QED) is 0.348. The summed E-state index contributed by atoms with van der Waals surface area (Å²) in [4.78, 5) is 12.0. The Hall–Kier alpha value is -2.71. The average Bonchev–Trinajstić information content (AvgIpc) is 2.94. The standard InChI is InChI=1S/C20H16F6O3/c1-17(2,3)28-16(27)29-18(19(21,22)23,20(24,25)26)14-10-9-12-8-7-11-5-4-6-13(14)15(11)12/h4-10H,1-3H3. The van der Waals surface area contributed by atoms with Gasteiger partial charge in [0, 0.05) is 5.56 Å². The van der Waals surface area contributed by atoms with Crippen molar-refractivity contribution in [3.05, 3.63) is 47.0 Å². The first-order valence-corrected chi connectivity index (χ1v) is 8.47. The lowest BCUT2D eigenvalue weighted by Crippen LogP contribution is -2.57. The smallest absolute Gasteiger partial charge is 0.429 e. The molecule has 0 N–H and O–H groups in total. The molecule has 0 unspecified atom stereocenters. The third-order valence-corrected chi connectivity index (χ3v) is 4.35. The lowest BCUT2D eigenvalue weighted by Gasteiger charge is -2.37. The van der Waals surface area contributed by atoms with Crippen LogP contribution in [0.15, 0.2) is 30.3 Å². The lowest BCUT2D eigenvalue weighted by atomic mass is 9.86. The van der Waals surface area contributed by atoms with Crippen molar-refractivity contribution in [2.75, 3.05) is 0 Å². The van der Waals surface area contributed by atoms with E-state index in [1.807, 2.05) is 0 Å². The first-order chi connectivity index (χ1) is 13.2. The van der Waals surface area contributed by atoms with Gasteiger partial charge >= 0.3 is 24.1 Å². The van der Waals surface area contributed by atoms with Crippen LogP contribution in [0.3, 0.4) is 0 Å². The number of benzene rings is 2. The van der Waals surface area contributed by atoms with E-state index < -0.39 is 35.3 Å². The Bertz CT molecular complexity index is 970. The van der Waals surface area contributed by atoms with E-state index in [4.69, 9.17) is 0 Å². The van der Waals surface area contributed by atoms with Gasteiger partial charge in [-0.1, -0.05) is 42.5 Å². The molecule has 0 spiro atoms. The van der Waals surface area contributed by atoms with Crippen molar-refractivity contribution in [3.63, 3.8) is 0 Å². The molecule has 2 aromatic rings.